The summed E-state index contributed by atoms with van der Waals surface area (Å²) in [6.45, 7) is 4.71. The molecule has 7 heteroatoms. The van der Waals surface area contributed by atoms with E-state index in [2.05, 4.69) is 31.6 Å². The van der Waals surface area contributed by atoms with Crippen molar-refractivity contribution in [3.05, 3.63) is 33.3 Å². The van der Waals surface area contributed by atoms with Crippen LogP contribution in [-0.4, -0.2) is 46.0 Å². The Hall–Kier alpha value is -0.820. The van der Waals surface area contributed by atoms with Gasteiger partial charge >= 0.3 is 0 Å². The normalized spacial score (nSPS) is 18.0. The second-order valence-electron chi connectivity index (χ2n) is 5.75. The minimum absolute atomic E-state index is 0.572. The molecule has 0 amide bonds. The van der Waals surface area contributed by atoms with Gasteiger partial charge in [-0.2, -0.15) is 0 Å². The van der Waals surface area contributed by atoms with E-state index >= 15 is 0 Å². The summed E-state index contributed by atoms with van der Waals surface area (Å²) >= 11 is 9.62. The number of nitrogens with one attached hydrogen (secondary N) is 2. The zero-order chi connectivity index (χ0) is 17.2. The molecule has 0 bridgehead atoms. The summed E-state index contributed by atoms with van der Waals surface area (Å²) < 4.78 is 12.0. The molecular formula is C17H25BrClN3O2. The van der Waals surface area contributed by atoms with Crippen molar-refractivity contribution in [2.24, 2.45) is 10.9 Å². The summed E-state index contributed by atoms with van der Waals surface area (Å²) in [5, 5.41) is 7.28. The number of guanidine groups is 1. The SMILES string of the molecule is CN=C(NCCCOCC1CCOC1)NCc1ccc(Br)cc1Cl. The van der Waals surface area contributed by atoms with Crippen molar-refractivity contribution < 1.29 is 9.47 Å². The third kappa shape index (κ3) is 6.97. The van der Waals surface area contributed by atoms with Crippen molar-refractivity contribution >= 4 is 33.5 Å². The maximum Gasteiger partial charge on any atom is 0.191 e. The molecule has 1 aromatic carbocycles. The van der Waals surface area contributed by atoms with Gasteiger partial charge < -0.3 is 20.1 Å². The van der Waals surface area contributed by atoms with Gasteiger partial charge in [-0.25, -0.2) is 0 Å². The standard InChI is InChI=1S/C17H25BrClN3O2/c1-20-17(22-10-14-3-4-15(18)9-16(14)19)21-6-2-7-23-11-13-5-8-24-12-13/h3-4,9,13H,2,5-8,10-12H2,1H3,(H2,20,21,22). The quantitative estimate of drug-likeness (QED) is 0.387. The Morgan fingerprint density at radius 1 is 1.46 bits per heavy atom. The first-order chi connectivity index (χ1) is 11.7. The van der Waals surface area contributed by atoms with Crippen LogP contribution in [0, 0.1) is 5.92 Å². The Bertz CT molecular complexity index is 537. The molecule has 0 spiro atoms. The van der Waals surface area contributed by atoms with E-state index in [1.807, 2.05) is 18.2 Å². The van der Waals surface area contributed by atoms with Gasteiger partial charge in [0.1, 0.15) is 0 Å². The molecule has 0 aliphatic carbocycles. The first-order valence-corrected chi connectivity index (χ1v) is 9.40. The Morgan fingerprint density at radius 2 is 2.33 bits per heavy atom. The predicted octanol–water partition coefficient (Wildman–Crippen LogP) is 3.21. The second kappa shape index (κ2) is 10.9. The van der Waals surface area contributed by atoms with Crippen molar-refractivity contribution in [3.63, 3.8) is 0 Å². The molecule has 2 N–H and O–H groups in total. The van der Waals surface area contributed by atoms with E-state index in [1.54, 1.807) is 7.05 Å². The molecule has 1 heterocycles. The molecule has 2 rings (SSSR count). The predicted molar refractivity (Wildman–Crippen MR) is 102 cm³/mol. The minimum atomic E-state index is 0.572. The number of ether oxygens (including phenoxy) is 2. The Labute approximate surface area is 157 Å². The van der Waals surface area contributed by atoms with Crippen molar-refractivity contribution in [3.8, 4) is 0 Å². The van der Waals surface area contributed by atoms with Crippen LogP contribution in [-0.2, 0) is 16.0 Å². The van der Waals surface area contributed by atoms with Crippen LogP contribution in [0.15, 0.2) is 27.7 Å². The van der Waals surface area contributed by atoms with Gasteiger partial charge in [-0.15, -0.1) is 0 Å². The minimum Gasteiger partial charge on any atom is -0.381 e. The van der Waals surface area contributed by atoms with Crippen LogP contribution >= 0.6 is 27.5 Å². The highest BCUT2D eigenvalue weighted by atomic mass is 79.9. The zero-order valence-electron chi connectivity index (χ0n) is 14.0. The highest BCUT2D eigenvalue weighted by Gasteiger charge is 2.15. The van der Waals surface area contributed by atoms with E-state index < -0.39 is 0 Å². The molecule has 1 aromatic rings. The van der Waals surface area contributed by atoms with E-state index in [0.29, 0.717) is 12.5 Å². The van der Waals surface area contributed by atoms with Crippen LogP contribution in [0.3, 0.4) is 0 Å². The van der Waals surface area contributed by atoms with Crippen molar-refractivity contribution in [2.45, 2.75) is 19.4 Å². The van der Waals surface area contributed by atoms with Crippen molar-refractivity contribution in [1.29, 1.82) is 0 Å². The molecule has 134 valence electrons. The third-order valence-electron chi connectivity index (χ3n) is 3.82. The van der Waals surface area contributed by atoms with Gasteiger partial charge in [-0.1, -0.05) is 33.6 Å². The van der Waals surface area contributed by atoms with Crippen molar-refractivity contribution in [1.82, 2.24) is 10.6 Å². The van der Waals surface area contributed by atoms with Crippen LogP contribution in [0.1, 0.15) is 18.4 Å². The van der Waals surface area contributed by atoms with E-state index in [9.17, 15) is 0 Å². The first kappa shape index (κ1) is 19.5. The molecule has 5 nitrogen and oxygen atoms in total. The number of halogens is 2. The van der Waals surface area contributed by atoms with Crippen LogP contribution in [0.5, 0.6) is 0 Å². The van der Waals surface area contributed by atoms with Crippen LogP contribution in [0.2, 0.25) is 5.02 Å². The summed E-state index contributed by atoms with van der Waals surface area (Å²) in [4.78, 5) is 4.22. The summed E-state index contributed by atoms with van der Waals surface area (Å²) in [7, 11) is 1.76. The molecule has 1 aliphatic rings. The van der Waals surface area contributed by atoms with Crippen LogP contribution in [0.4, 0.5) is 0 Å². The summed E-state index contributed by atoms with van der Waals surface area (Å²) in [6, 6.07) is 5.86. The number of benzene rings is 1. The van der Waals surface area contributed by atoms with E-state index in [0.717, 1.165) is 66.8 Å². The average Bonchev–Trinajstić information content (AvgIpc) is 3.08. The van der Waals surface area contributed by atoms with E-state index in [4.69, 9.17) is 21.1 Å². The first-order valence-electron chi connectivity index (χ1n) is 8.23. The largest absolute Gasteiger partial charge is 0.381 e. The second-order valence-corrected chi connectivity index (χ2v) is 7.07. The van der Waals surface area contributed by atoms with E-state index in [-0.39, 0.29) is 0 Å². The molecule has 1 aliphatic heterocycles. The fourth-order valence-corrected chi connectivity index (χ4v) is 3.15. The topological polar surface area (TPSA) is 54.9 Å². The lowest BCUT2D eigenvalue weighted by atomic mass is 10.1. The molecule has 0 radical (unpaired) electrons. The molecule has 0 saturated carbocycles. The fraction of sp³-hybridized carbons (Fsp3) is 0.588. The number of aliphatic imine (C=N–C) groups is 1. The Kier molecular flexibility index (Phi) is 8.88. The third-order valence-corrected chi connectivity index (χ3v) is 4.67. The summed E-state index contributed by atoms with van der Waals surface area (Å²) in [6.07, 6.45) is 2.06. The lowest BCUT2D eigenvalue weighted by Gasteiger charge is -2.13. The maximum atomic E-state index is 6.22. The molecule has 1 atom stereocenters. The van der Waals surface area contributed by atoms with Crippen molar-refractivity contribution in [2.75, 3.05) is 40.0 Å². The fourth-order valence-electron chi connectivity index (χ4n) is 2.41. The Morgan fingerprint density at radius 3 is 3.04 bits per heavy atom. The number of hydrogen-bond acceptors (Lipinski definition) is 3. The van der Waals surface area contributed by atoms with E-state index in [1.165, 1.54) is 0 Å². The number of nitrogens with zero attached hydrogens (tertiary/aromatic N) is 1. The van der Waals surface area contributed by atoms with Gasteiger partial charge in [0, 0.05) is 48.8 Å². The average molecular weight is 419 g/mol. The monoisotopic (exact) mass is 417 g/mol. The lowest BCUT2D eigenvalue weighted by Crippen LogP contribution is -2.37. The number of rotatable bonds is 8. The highest BCUT2D eigenvalue weighted by Crippen LogP contribution is 2.21. The molecule has 1 unspecified atom stereocenters. The van der Waals surface area contributed by atoms with Gasteiger partial charge in [0.05, 0.1) is 13.2 Å². The molecule has 24 heavy (non-hydrogen) atoms. The molecule has 1 saturated heterocycles. The van der Waals surface area contributed by atoms with Gasteiger partial charge in [-0.3, -0.25) is 4.99 Å². The molecule has 0 aromatic heterocycles. The lowest BCUT2D eigenvalue weighted by molar-refractivity contribution is 0.0888. The van der Waals surface area contributed by atoms with Gasteiger partial charge in [0.25, 0.3) is 0 Å². The molecular weight excluding hydrogens is 394 g/mol. The van der Waals surface area contributed by atoms with Crippen LogP contribution < -0.4 is 10.6 Å². The maximum absolute atomic E-state index is 6.22. The number of hydrogen-bond donors (Lipinski definition) is 2. The Balaban J connectivity index is 1.58. The molecule has 1 fully saturated rings. The van der Waals surface area contributed by atoms with Gasteiger partial charge in [0.15, 0.2) is 5.96 Å². The zero-order valence-corrected chi connectivity index (χ0v) is 16.3. The van der Waals surface area contributed by atoms with Gasteiger partial charge in [-0.05, 0) is 30.5 Å². The summed E-state index contributed by atoms with van der Waals surface area (Å²) in [5.74, 6) is 1.33. The smallest absolute Gasteiger partial charge is 0.191 e. The summed E-state index contributed by atoms with van der Waals surface area (Å²) in [5.41, 5.74) is 1.03. The highest BCUT2D eigenvalue weighted by molar-refractivity contribution is 9.10. The van der Waals surface area contributed by atoms with Crippen LogP contribution in [0.25, 0.3) is 0 Å². The van der Waals surface area contributed by atoms with Gasteiger partial charge in [0.2, 0.25) is 0 Å².